The van der Waals surface area contributed by atoms with Crippen LogP contribution in [0.3, 0.4) is 0 Å². The largest absolute Gasteiger partial charge is 0.436 e. The molecule has 2 heterocycles. The summed E-state index contributed by atoms with van der Waals surface area (Å²) in [5.41, 5.74) is 0.907. The Bertz CT molecular complexity index is 763. The minimum Gasteiger partial charge on any atom is -0.436 e. The molecule has 3 rings (SSSR count). The van der Waals surface area contributed by atoms with Gasteiger partial charge in [-0.25, -0.2) is 4.98 Å². The average Bonchev–Trinajstić information content (AvgIpc) is 2.49. The summed E-state index contributed by atoms with van der Waals surface area (Å²) in [7, 11) is 1.73. The highest BCUT2D eigenvalue weighted by Gasteiger charge is 2.08. The van der Waals surface area contributed by atoms with E-state index in [-0.39, 0.29) is 0 Å². The van der Waals surface area contributed by atoms with Crippen molar-refractivity contribution in [3.05, 3.63) is 47.7 Å². The first-order valence-electron chi connectivity index (χ1n) is 5.99. The van der Waals surface area contributed by atoms with Crippen molar-refractivity contribution < 1.29 is 4.74 Å². The van der Waals surface area contributed by atoms with Crippen LogP contribution < -0.4 is 10.1 Å². The molecule has 0 aliphatic rings. The molecule has 6 heteroatoms. The molecular formula is C14H11ClN4O. The van der Waals surface area contributed by atoms with Gasteiger partial charge in [0.25, 0.3) is 0 Å². The van der Waals surface area contributed by atoms with E-state index in [1.807, 2.05) is 30.3 Å². The van der Waals surface area contributed by atoms with Crippen molar-refractivity contribution in [2.24, 2.45) is 0 Å². The number of halogens is 1. The van der Waals surface area contributed by atoms with E-state index in [0.717, 1.165) is 10.9 Å². The highest BCUT2D eigenvalue weighted by atomic mass is 35.5. The van der Waals surface area contributed by atoms with Crippen molar-refractivity contribution in [3.8, 4) is 11.6 Å². The third-order valence-corrected chi connectivity index (χ3v) is 2.97. The molecule has 1 aromatic carbocycles. The van der Waals surface area contributed by atoms with Crippen molar-refractivity contribution in [2.75, 3.05) is 12.4 Å². The minimum absolute atomic E-state index is 0.295. The Morgan fingerprint density at radius 1 is 1.15 bits per heavy atom. The maximum absolute atomic E-state index is 6.02. The lowest BCUT2D eigenvalue weighted by molar-refractivity contribution is 0.461. The number of nitrogens with one attached hydrogen (secondary N) is 1. The van der Waals surface area contributed by atoms with Gasteiger partial charge in [-0.3, -0.25) is 4.98 Å². The smallest absolute Gasteiger partial charge is 0.243 e. The molecule has 0 aliphatic carbocycles. The lowest BCUT2D eigenvalue weighted by Gasteiger charge is -2.08. The molecule has 0 amide bonds. The molecule has 0 saturated heterocycles. The average molecular weight is 287 g/mol. The molecule has 20 heavy (non-hydrogen) atoms. The first-order chi connectivity index (χ1) is 9.76. The van der Waals surface area contributed by atoms with Gasteiger partial charge in [-0.2, -0.15) is 4.98 Å². The number of aromatic nitrogens is 3. The van der Waals surface area contributed by atoms with Crippen molar-refractivity contribution in [2.45, 2.75) is 0 Å². The van der Waals surface area contributed by atoms with Gasteiger partial charge in [0.05, 0.1) is 17.9 Å². The summed E-state index contributed by atoms with van der Waals surface area (Å²) in [6.07, 6.45) is 3.13. The van der Waals surface area contributed by atoms with E-state index in [4.69, 9.17) is 16.3 Å². The second-order valence-electron chi connectivity index (χ2n) is 4.06. The molecule has 0 atom stereocenters. The van der Waals surface area contributed by atoms with Crippen LogP contribution in [0.25, 0.3) is 10.9 Å². The van der Waals surface area contributed by atoms with Crippen LogP contribution in [0.2, 0.25) is 5.02 Å². The van der Waals surface area contributed by atoms with Crippen LogP contribution in [-0.2, 0) is 0 Å². The zero-order chi connectivity index (χ0) is 13.9. The molecule has 0 fully saturated rings. The van der Waals surface area contributed by atoms with Crippen molar-refractivity contribution in [3.63, 3.8) is 0 Å². The Balaban J connectivity index is 1.96. The van der Waals surface area contributed by atoms with Crippen molar-refractivity contribution >= 4 is 28.5 Å². The topological polar surface area (TPSA) is 59.9 Å². The fourth-order valence-corrected chi connectivity index (χ4v) is 1.89. The number of hydrogen-bond donors (Lipinski definition) is 1. The van der Waals surface area contributed by atoms with Crippen LogP contribution in [0, 0.1) is 0 Å². The van der Waals surface area contributed by atoms with Crippen LogP contribution in [-0.4, -0.2) is 22.0 Å². The van der Waals surface area contributed by atoms with Crippen LogP contribution in [0.4, 0.5) is 5.95 Å². The molecule has 0 saturated carbocycles. The molecule has 100 valence electrons. The second kappa shape index (κ2) is 5.30. The number of rotatable bonds is 3. The summed E-state index contributed by atoms with van der Waals surface area (Å²) in [6, 6.07) is 9.69. The van der Waals surface area contributed by atoms with E-state index in [9.17, 15) is 0 Å². The summed E-state index contributed by atoms with van der Waals surface area (Å²) in [4.78, 5) is 12.5. The van der Waals surface area contributed by atoms with E-state index in [1.165, 1.54) is 6.20 Å². The lowest BCUT2D eigenvalue weighted by atomic mass is 10.2. The molecule has 0 unspecified atom stereocenters. The number of anilines is 1. The van der Waals surface area contributed by atoms with E-state index in [1.54, 1.807) is 13.2 Å². The zero-order valence-electron chi connectivity index (χ0n) is 10.7. The maximum Gasteiger partial charge on any atom is 0.243 e. The van der Waals surface area contributed by atoms with Gasteiger partial charge in [-0.05, 0) is 12.1 Å². The molecule has 5 nitrogen and oxygen atoms in total. The predicted molar refractivity (Wildman–Crippen MR) is 78.4 cm³/mol. The summed E-state index contributed by atoms with van der Waals surface area (Å²) in [6.45, 7) is 0. The Hall–Kier alpha value is -2.40. The third kappa shape index (κ3) is 2.48. The van der Waals surface area contributed by atoms with E-state index >= 15 is 0 Å². The summed E-state index contributed by atoms with van der Waals surface area (Å²) < 4.78 is 5.67. The van der Waals surface area contributed by atoms with Gasteiger partial charge < -0.3 is 10.1 Å². The van der Waals surface area contributed by atoms with Gasteiger partial charge in [-0.1, -0.05) is 29.8 Å². The monoisotopic (exact) mass is 286 g/mol. The number of fused-ring (bicyclic) bond motifs is 1. The van der Waals surface area contributed by atoms with Crippen molar-refractivity contribution in [1.82, 2.24) is 15.0 Å². The van der Waals surface area contributed by atoms with Gasteiger partial charge in [0.1, 0.15) is 10.8 Å². The van der Waals surface area contributed by atoms with Crippen LogP contribution in [0.15, 0.2) is 42.7 Å². The number of hydrogen-bond acceptors (Lipinski definition) is 5. The Labute approximate surface area is 120 Å². The van der Waals surface area contributed by atoms with Gasteiger partial charge >= 0.3 is 0 Å². The van der Waals surface area contributed by atoms with Crippen LogP contribution >= 0.6 is 11.6 Å². The Kier molecular flexibility index (Phi) is 3.35. The molecule has 0 radical (unpaired) electrons. The predicted octanol–water partition coefficient (Wildman–Crippen LogP) is 3.51. The SMILES string of the molecule is CNc1ncc(Cl)c(Oc2cnc3ccccc3c2)n1. The number of nitrogens with zero attached hydrogens (tertiary/aromatic N) is 3. The van der Waals surface area contributed by atoms with E-state index < -0.39 is 0 Å². The normalized spacial score (nSPS) is 10.5. The molecule has 2 aromatic heterocycles. The molecule has 1 N–H and O–H groups in total. The van der Waals surface area contributed by atoms with Gasteiger partial charge in [0.2, 0.25) is 11.8 Å². The number of benzene rings is 1. The molecule has 3 aromatic rings. The summed E-state index contributed by atoms with van der Waals surface area (Å²) in [5.74, 6) is 1.31. The molecular weight excluding hydrogens is 276 g/mol. The zero-order valence-corrected chi connectivity index (χ0v) is 11.4. The highest BCUT2D eigenvalue weighted by Crippen LogP contribution is 2.28. The van der Waals surface area contributed by atoms with Gasteiger partial charge in [0.15, 0.2) is 0 Å². The van der Waals surface area contributed by atoms with Crippen LogP contribution in [0.1, 0.15) is 0 Å². The minimum atomic E-state index is 0.295. The fraction of sp³-hybridized carbons (Fsp3) is 0.0714. The van der Waals surface area contributed by atoms with Crippen molar-refractivity contribution in [1.29, 1.82) is 0 Å². The molecule has 0 bridgehead atoms. The summed E-state index contributed by atoms with van der Waals surface area (Å²) >= 11 is 6.02. The van der Waals surface area contributed by atoms with Gasteiger partial charge in [0, 0.05) is 12.4 Å². The third-order valence-electron chi connectivity index (χ3n) is 2.72. The quantitative estimate of drug-likeness (QED) is 0.798. The first-order valence-corrected chi connectivity index (χ1v) is 6.37. The molecule has 0 aliphatic heterocycles. The van der Waals surface area contributed by atoms with Crippen LogP contribution in [0.5, 0.6) is 11.6 Å². The highest BCUT2D eigenvalue weighted by molar-refractivity contribution is 6.31. The first kappa shape index (κ1) is 12.6. The summed E-state index contributed by atoms with van der Waals surface area (Å²) in [5, 5.41) is 4.17. The maximum atomic E-state index is 6.02. The lowest BCUT2D eigenvalue weighted by Crippen LogP contribution is -1.98. The Morgan fingerprint density at radius 2 is 2.00 bits per heavy atom. The Morgan fingerprint density at radius 3 is 2.85 bits per heavy atom. The number of para-hydroxylation sites is 1. The van der Waals surface area contributed by atoms with Gasteiger partial charge in [-0.15, -0.1) is 0 Å². The fourth-order valence-electron chi connectivity index (χ4n) is 1.76. The number of ether oxygens (including phenoxy) is 1. The van der Waals surface area contributed by atoms with E-state index in [0.29, 0.717) is 22.6 Å². The molecule has 0 spiro atoms. The standard InChI is InChI=1S/C14H11ClN4O/c1-16-14-18-8-11(15)13(19-14)20-10-6-9-4-2-3-5-12(9)17-7-10/h2-8H,1H3,(H,16,18,19). The van der Waals surface area contributed by atoms with E-state index in [2.05, 4.69) is 20.3 Å². The number of pyridine rings is 1. The second-order valence-corrected chi connectivity index (χ2v) is 4.47.